The molecular weight excluding hydrogens is 294 g/mol. The molecule has 7 nitrogen and oxygen atoms in total. The molecule has 3 rings (SSSR count). The summed E-state index contributed by atoms with van der Waals surface area (Å²) in [5, 5.41) is 7.05. The van der Waals surface area contributed by atoms with Gasteiger partial charge in [0.25, 0.3) is 0 Å². The molecule has 3 heterocycles. The average Bonchev–Trinajstić information content (AvgIpc) is 3.29. The predicted octanol–water partition coefficient (Wildman–Crippen LogP) is 1.78. The van der Waals surface area contributed by atoms with Crippen molar-refractivity contribution in [1.29, 1.82) is 0 Å². The number of aromatic nitrogens is 3. The molecule has 0 bridgehead atoms. The fourth-order valence-electron chi connectivity index (χ4n) is 3.00. The summed E-state index contributed by atoms with van der Waals surface area (Å²) in [6.45, 7) is 4.43. The molecule has 124 valence electrons. The van der Waals surface area contributed by atoms with E-state index in [-0.39, 0.29) is 18.0 Å². The molecular formula is C16H23N5O2. The van der Waals surface area contributed by atoms with Crippen molar-refractivity contribution < 1.29 is 9.21 Å². The molecule has 0 aromatic carbocycles. The molecule has 2 aromatic rings. The zero-order chi connectivity index (χ0) is 16.1. The van der Waals surface area contributed by atoms with Crippen LogP contribution in [-0.4, -0.2) is 45.2 Å². The summed E-state index contributed by atoms with van der Waals surface area (Å²) in [6.07, 6.45) is 8.34. The molecule has 23 heavy (non-hydrogen) atoms. The molecule has 1 saturated heterocycles. The summed E-state index contributed by atoms with van der Waals surface area (Å²) in [6, 6.07) is 3.58. The lowest BCUT2D eigenvalue weighted by Gasteiger charge is -2.33. The van der Waals surface area contributed by atoms with Crippen molar-refractivity contribution in [2.24, 2.45) is 0 Å². The summed E-state index contributed by atoms with van der Waals surface area (Å²) in [5.74, 6) is 0.838. The van der Waals surface area contributed by atoms with E-state index < -0.39 is 0 Å². The minimum Gasteiger partial charge on any atom is -0.468 e. The summed E-state index contributed by atoms with van der Waals surface area (Å²) in [5.41, 5.74) is 0. The largest absolute Gasteiger partial charge is 0.468 e. The summed E-state index contributed by atoms with van der Waals surface area (Å²) < 4.78 is 7.15. The number of amides is 1. The third-order valence-corrected chi connectivity index (χ3v) is 4.39. The Labute approximate surface area is 135 Å². The maximum Gasteiger partial charge on any atom is 0.244 e. The van der Waals surface area contributed by atoms with Crippen molar-refractivity contribution >= 4 is 5.91 Å². The van der Waals surface area contributed by atoms with Crippen LogP contribution in [0.5, 0.6) is 0 Å². The number of nitrogens with zero attached hydrogens (tertiary/aromatic N) is 4. The van der Waals surface area contributed by atoms with Crippen LogP contribution in [0.2, 0.25) is 0 Å². The lowest BCUT2D eigenvalue weighted by molar-refractivity contribution is -0.124. The Morgan fingerprint density at radius 2 is 2.22 bits per heavy atom. The van der Waals surface area contributed by atoms with Crippen molar-refractivity contribution in [2.45, 2.75) is 38.3 Å². The molecule has 0 aliphatic carbocycles. The normalized spacial score (nSPS) is 18.5. The third-order valence-electron chi connectivity index (χ3n) is 4.39. The number of nitrogens with one attached hydrogen (secondary N) is 1. The smallest absolute Gasteiger partial charge is 0.244 e. The molecule has 1 amide bonds. The van der Waals surface area contributed by atoms with E-state index in [0.29, 0.717) is 6.54 Å². The predicted molar refractivity (Wildman–Crippen MR) is 84.6 cm³/mol. The van der Waals surface area contributed by atoms with E-state index in [1.165, 1.54) is 25.6 Å². The van der Waals surface area contributed by atoms with Crippen LogP contribution in [0.4, 0.5) is 0 Å². The lowest BCUT2D eigenvalue weighted by Crippen LogP contribution is -2.42. The number of rotatable bonds is 6. The summed E-state index contributed by atoms with van der Waals surface area (Å²) >= 11 is 0. The van der Waals surface area contributed by atoms with Crippen molar-refractivity contribution in [3.63, 3.8) is 0 Å². The molecule has 7 heteroatoms. The second-order valence-corrected chi connectivity index (χ2v) is 5.92. The Morgan fingerprint density at radius 1 is 1.39 bits per heavy atom. The van der Waals surface area contributed by atoms with Gasteiger partial charge in [-0.25, -0.2) is 9.67 Å². The van der Waals surface area contributed by atoms with E-state index >= 15 is 0 Å². The molecule has 1 aliphatic rings. The Morgan fingerprint density at radius 3 is 2.87 bits per heavy atom. The standard InChI is InChI=1S/C16H23N5O2/c1-13(21-12-17-11-19-21)16(22)18-10-14(15-6-5-9-23-15)20-7-3-2-4-8-20/h5-6,9,11-14H,2-4,7-8,10H2,1H3,(H,18,22)/t13-,14-/m0/s1. The Kier molecular flexibility index (Phi) is 5.07. The number of carbonyl (C=O) groups is 1. The van der Waals surface area contributed by atoms with Crippen molar-refractivity contribution in [3.05, 3.63) is 36.8 Å². The van der Waals surface area contributed by atoms with Gasteiger partial charge < -0.3 is 9.73 Å². The van der Waals surface area contributed by atoms with E-state index in [2.05, 4.69) is 20.3 Å². The highest BCUT2D eigenvalue weighted by molar-refractivity contribution is 5.79. The first-order valence-electron chi connectivity index (χ1n) is 8.15. The molecule has 0 spiro atoms. The van der Waals surface area contributed by atoms with E-state index in [1.807, 2.05) is 19.1 Å². The lowest BCUT2D eigenvalue weighted by atomic mass is 10.1. The first kappa shape index (κ1) is 15.7. The van der Waals surface area contributed by atoms with Gasteiger partial charge in [0.05, 0.1) is 12.3 Å². The molecule has 1 N–H and O–H groups in total. The van der Waals surface area contributed by atoms with Gasteiger partial charge in [-0.15, -0.1) is 0 Å². The van der Waals surface area contributed by atoms with Crippen LogP contribution in [0.15, 0.2) is 35.5 Å². The van der Waals surface area contributed by atoms with Crippen LogP contribution >= 0.6 is 0 Å². The first-order valence-corrected chi connectivity index (χ1v) is 8.15. The van der Waals surface area contributed by atoms with Crippen molar-refractivity contribution in [2.75, 3.05) is 19.6 Å². The van der Waals surface area contributed by atoms with E-state index in [0.717, 1.165) is 18.8 Å². The van der Waals surface area contributed by atoms with Gasteiger partial charge in [0.15, 0.2) is 0 Å². The van der Waals surface area contributed by atoms with E-state index in [9.17, 15) is 4.79 Å². The maximum atomic E-state index is 12.3. The number of hydrogen-bond acceptors (Lipinski definition) is 5. The fourth-order valence-corrected chi connectivity index (χ4v) is 3.00. The van der Waals surface area contributed by atoms with Crippen LogP contribution in [0.1, 0.15) is 44.0 Å². The van der Waals surface area contributed by atoms with E-state index in [4.69, 9.17) is 4.42 Å². The third kappa shape index (κ3) is 3.79. The number of piperidine rings is 1. The Balaban J connectivity index is 1.63. The molecule has 0 unspecified atom stereocenters. The second kappa shape index (κ2) is 7.41. The van der Waals surface area contributed by atoms with Gasteiger partial charge in [-0.1, -0.05) is 6.42 Å². The Bertz CT molecular complexity index is 590. The Hall–Kier alpha value is -2.15. The van der Waals surface area contributed by atoms with Gasteiger partial charge in [0, 0.05) is 6.54 Å². The topological polar surface area (TPSA) is 76.2 Å². The molecule has 2 atom stereocenters. The van der Waals surface area contributed by atoms with Crippen LogP contribution in [0, 0.1) is 0 Å². The number of hydrogen-bond donors (Lipinski definition) is 1. The van der Waals surface area contributed by atoms with Gasteiger partial charge in [-0.3, -0.25) is 9.69 Å². The van der Waals surface area contributed by atoms with Gasteiger partial charge in [-0.05, 0) is 45.0 Å². The first-order chi connectivity index (χ1) is 11.3. The zero-order valence-corrected chi connectivity index (χ0v) is 13.4. The minimum atomic E-state index is -0.379. The molecule has 1 fully saturated rings. The minimum absolute atomic E-state index is 0.0657. The van der Waals surface area contributed by atoms with Crippen LogP contribution < -0.4 is 5.32 Å². The average molecular weight is 317 g/mol. The van der Waals surface area contributed by atoms with Crippen LogP contribution in [0.3, 0.4) is 0 Å². The van der Waals surface area contributed by atoms with Crippen molar-refractivity contribution in [3.8, 4) is 0 Å². The van der Waals surface area contributed by atoms with Crippen LogP contribution in [0.25, 0.3) is 0 Å². The highest BCUT2D eigenvalue weighted by atomic mass is 16.3. The van der Waals surface area contributed by atoms with Crippen molar-refractivity contribution in [1.82, 2.24) is 25.0 Å². The SMILES string of the molecule is C[C@@H](C(=O)NC[C@@H](c1ccco1)N1CCCCC1)n1cncn1. The number of likely N-dealkylation sites (tertiary alicyclic amines) is 1. The summed E-state index contributed by atoms with van der Waals surface area (Å²) in [4.78, 5) is 18.6. The number of furan rings is 1. The summed E-state index contributed by atoms with van der Waals surface area (Å²) in [7, 11) is 0. The molecule has 1 aliphatic heterocycles. The van der Waals surface area contributed by atoms with Gasteiger partial charge in [0.1, 0.15) is 24.5 Å². The van der Waals surface area contributed by atoms with E-state index in [1.54, 1.807) is 17.3 Å². The molecule has 0 radical (unpaired) electrons. The second-order valence-electron chi connectivity index (χ2n) is 5.92. The number of carbonyl (C=O) groups excluding carboxylic acids is 1. The highest BCUT2D eigenvalue weighted by Crippen LogP contribution is 2.24. The maximum absolute atomic E-state index is 12.3. The molecule has 2 aromatic heterocycles. The van der Waals surface area contributed by atoms with Gasteiger partial charge in [0.2, 0.25) is 5.91 Å². The molecule has 0 saturated carbocycles. The highest BCUT2D eigenvalue weighted by Gasteiger charge is 2.26. The zero-order valence-electron chi connectivity index (χ0n) is 13.4. The fraction of sp³-hybridized carbons (Fsp3) is 0.562. The van der Waals surface area contributed by atoms with Gasteiger partial charge >= 0.3 is 0 Å². The monoisotopic (exact) mass is 317 g/mol. The van der Waals surface area contributed by atoms with Crippen LogP contribution in [-0.2, 0) is 4.79 Å². The van der Waals surface area contributed by atoms with Gasteiger partial charge in [-0.2, -0.15) is 5.10 Å². The quantitative estimate of drug-likeness (QED) is 0.879.